The minimum absolute atomic E-state index is 0.0311. The zero-order chi connectivity index (χ0) is 12.5. The van der Waals surface area contributed by atoms with E-state index in [-0.39, 0.29) is 11.9 Å². The van der Waals surface area contributed by atoms with Gasteiger partial charge < -0.3 is 15.8 Å². The van der Waals surface area contributed by atoms with Gasteiger partial charge in [-0.1, -0.05) is 6.07 Å². The van der Waals surface area contributed by atoms with Gasteiger partial charge in [-0.05, 0) is 18.2 Å². The number of halogens is 1. The summed E-state index contributed by atoms with van der Waals surface area (Å²) in [6, 6.07) is 5.97. The molecule has 1 saturated carbocycles. The molecule has 5 heteroatoms. The Bertz CT molecular complexity index is 430. The molecule has 0 spiro atoms. The van der Waals surface area contributed by atoms with Crippen LogP contribution in [0, 0.1) is 5.82 Å². The second kappa shape index (κ2) is 4.33. The highest BCUT2D eigenvalue weighted by atomic mass is 19.1. The molecule has 1 aromatic rings. The van der Waals surface area contributed by atoms with Gasteiger partial charge in [-0.3, -0.25) is 4.79 Å². The molecule has 0 bridgehead atoms. The fourth-order valence-corrected chi connectivity index (χ4v) is 2.09. The Kier molecular flexibility index (Phi) is 3.02. The first-order valence-electron chi connectivity index (χ1n) is 5.42. The molecule has 0 heterocycles. The average molecular weight is 238 g/mol. The molecule has 3 N–H and O–H groups in total. The summed E-state index contributed by atoms with van der Waals surface area (Å²) >= 11 is 0. The lowest BCUT2D eigenvalue weighted by Gasteiger charge is -2.45. The Labute approximate surface area is 98.9 Å². The van der Waals surface area contributed by atoms with Crippen molar-refractivity contribution in [2.24, 2.45) is 5.73 Å². The fraction of sp³-hybridized carbons (Fsp3) is 0.417. The molecule has 1 fully saturated rings. The third-order valence-corrected chi connectivity index (χ3v) is 3.17. The molecule has 92 valence electrons. The first kappa shape index (κ1) is 11.9. The highest BCUT2D eigenvalue weighted by Gasteiger charge is 2.49. The summed E-state index contributed by atoms with van der Waals surface area (Å²) in [5.74, 6) is -0.785. The van der Waals surface area contributed by atoms with Crippen LogP contribution < -0.4 is 11.1 Å². The smallest absolute Gasteiger partial charge is 0.243 e. The van der Waals surface area contributed by atoms with Crippen LogP contribution in [0.15, 0.2) is 24.3 Å². The van der Waals surface area contributed by atoms with Crippen LogP contribution in [0.25, 0.3) is 0 Å². The van der Waals surface area contributed by atoms with Crippen LogP contribution in [-0.2, 0) is 9.53 Å². The maximum absolute atomic E-state index is 13.0. The molecule has 1 aliphatic carbocycles. The van der Waals surface area contributed by atoms with Gasteiger partial charge in [0.15, 0.2) is 0 Å². The second-order valence-corrected chi connectivity index (χ2v) is 4.35. The molecule has 0 saturated heterocycles. The molecule has 0 radical (unpaired) electrons. The molecule has 0 unspecified atom stereocenters. The van der Waals surface area contributed by atoms with Gasteiger partial charge in [-0.15, -0.1) is 0 Å². The first-order chi connectivity index (χ1) is 8.05. The van der Waals surface area contributed by atoms with Crippen LogP contribution in [0.5, 0.6) is 0 Å². The van der Waals surface area contributed by atoms with E-state index in [0.717, 1.165) is 0 Å². The van der Waals surface area contributed by atoms with E-state index in [1.807, 2.05) is 0 Å². The Balaban J connectivity index is 2.12. The van der Waals surface area contributed by atoms with E-state index < -0.39 is 11.4 Å². The molecule has 2 rings (SSSR count). The van der Waals surface area contributed by atoms with Gasteiger partial charge in [-0.2, -0.15) is 0 Å². The van der Waals surface area contributed by atoms with Gasteiger partial charge >= 0.3 is 0 Å². The van der Waals surface area contributed by atoms with Crippen molar-refractivity contribution < 1.29 is 13.9 Å². The first-order valence-corrected chi connectivity index (χ1v) is 5.42. The van der Waals surface area contributed by atoms with Gasteiger partial charge in [0.1, 0.15) is 11.4 Å². The molecule has 1 aliphatic rings. The van der Waals surface area contributed by atoms with Crippen molar-refractivity contribution >= 4 is 11.6 Å². The summed E-state index contributed by atoms with van der Waals surface area (Å²) in [6.45, 7) is 0. The Morgan fingerprint density at radius 2 is 2.29 bits per heavy atom. The lowest BCUT2D eigenvalue weighted by Crippen LogP contribution is -2.61. The number of primary amides is 1. The zero-order valence-electron chi connectivity index (χ0n) is 9.57. The number of benzene rings is 1. The number of anilines is 1. The lowest BCUT2D eigenvalue weighted by molar-refractivity contribution is -0.130. The molecular weight excluding hydrogens is 223 g/mol. The van der Waals surface area contributed by atoms with Gasteiger partial charge in [0, 0.05) is 25.6 Å². The molecule has 0 aliphatic heterocycles. The SMILES string of the molecule is COC1CC(Nc2cccc(F)c2)(C(N)=O)C1. The summed E-state index contributed by atoms with van der Waals surface area (Å²) in [4.78, 5) is 11.5. The average Bonchev–Trinajstić information content (AvgIpc) is 2.22. The number of amides is 1. The van der Waals surface area contributed by atoms with E-state index >= 15 is 0 Å². The number of methoxy groups -OCH3 is 1. The van der Waals surface area contributed by atoms with Crippen LogP contribution in [0.3, 0.4) is 0 Å². The number of hydrogen-bond acceptors (Lipinski definition) is 3. The van der Waals surface area contributed by atoms with Gasteiger partial charge in [0.25, 0.3) is 0 Å². The van der Waals surface area contributed by atoms with E-state index in [1.165, 1.54) is 12.1 Å². The molecule has 17 heavy (non-hydrogen) atoms. The van der Waals surface area contributed by atoms with Gasteiger partial charge in [0.05, 0.1) is 6.10 Å². The third-order valence-electron chi connectivity index (χ3n) is 3.17. The zero-order valence-corrected chi connectivity index (χ0v) is 9.57. The lowest BCUT2D eigenvalue weighted by atomic mass is 9.73. The Morgan fingerprint density at radius 1 is 1.59 bits per heavy atom. The van der Waals surface area contributed by atoms with Crippen LogP contribution in [0.4, 0.5) is 10.1 Å². The Morgan fingerprint density at radius 3 is 2.82 bits per heavy atom. The van der Waals surface area contributed by atoms with Crippen molar-refractivity contribution in [1.82, 2.24) is 0 Å². The topological polar surface area (TPSA) is 64.3 Å². The van der Waals surface area contributed by atoms with Crippen molar-refractivity contribution in [2.45, 2.75) is 24.5 Å². The van der Waals surface area contributed by atoms with Gasteiger partial charge in [0.2, 0.25) is 5.91 Å². The van der Waals surface area contributed by atoms with Crippen LogP contribution in [0.2, 0.25) is 0 Å². The highest BCUT2D eigenvalue weighted by Crippen LogP contribution is 2.37. The van der Waals surface area contributed by atoms with Gasteiger partial charge in [-0.25, -0.2) is 4.39 Å². The molecule has 4 nitrogen and oxygen atoms in total. The molecular formula is C12H15FN2O2. The van der Waals surface area contributed by atoms with Crippen molar-refractivity contribution in [3.8, 4) is 0 Å². The number of rotatable bonds is 4. The predicted molar refractivity (Wildman–Crippen MR) is 62.0 cm³/mol. The summed E-state index contributed by atoms with van der Waals surface area (Å²) in [7, 11) is 1.60. The summed E-state index contributed by atoms with van der Waals surface area (Å²) < 4.78 is 18.2. The number of nitrogens with one attached hydrogen (secondary N) is 1. The Hall–Kier alpha value is -1.62. The monoisotopic (exact) mass is 238 g/mol. The largest absolute Gasteiger partial charge is 0.381 e. The molecule has 1 aromatic carbocycles. The van der Waals surface area contributed by atoms with E-state index in [4.69, 9.17) is 10.5 Å². The minimum Gasteiger partial charge on any atom is -0.381 e. The molecule has 0 atom stereocenters. The van der Waals surface area contributed by atoms with E-state index in [2.05, 4.69) is 5.32 Å². The highest BCUT2D eigenvalue weighted by molar-refractivity contribution is 5.89. The summed E-state index contributed by atoms with van der Waals surface area (Å²) in [5, 5.41) is 3.00. The van der Waals surface area contributed by atoms with Crippen LogP contribution >= 0.6 is 0 Å². The van der Waals surface area contributed by atoms with E-state index in [9.17, 15) is 9.18 Å². The maximum atomic E-state index is 13.0. The van der Waals surface area contributed by atoms with E-state index in [1.54, 1.807) is 19.2 Å². The number of hydrogen-bond donors (Lipinski definition) is 2. The van der Waals surface area contributed by atoms with Crippen molar-refractivity contribution in [3.05, 3.63) is 30.1 Å². The normalized spacial score (nSPS) is 27.3. The maximum Gasteiger partial charge on any atom is 0.243 e. The fourth-order valence-electron chi connectivity index (χ4n) is 2.09. The van der Waals surface area contributed by atoms with E-state index in [0.29, 0.717) is 18.5 Å². The van der Waals surface area contributed by atoms with Crippen molar-refractivity contribution in [2.75, 3.05) is 12.4 Å². The number of nitrogens with two attached hydrogens (primary N) is 1. The second-order valence-electron chi connectivity index (χ2n) is 4.35. The van der Waals surface area contributed by atoms with Crippen molar-refractivity contribution in [1.29, 1.82) is 0 Å². The van der Waals surface area contributed by atoms with Crippen molar-refractivity contribution in [3.63, 3.8) is 0 Å². The number of ether oxygens (including phenoxy) is 1. The quantitative estimate of drug-likeness (QED) is 0.830. The minimum atomic E-state index is -0.811. The third kappa shape index (κ3) is 2.24. The number of carbonyl (C=O) groups is 1. The van der Waals surface area contributed by atoms with Crippen LogP contribution in [0.1, 0.15) is 12.8 Å². The molecule has 0 aromatic heterocycles. The standard InChI is InChI=1S/C12H15FN2O2/c1-17-10-6-12(7-10,11(14)16)15-9-4-2-3-8(13)5-9/h2-5,10,15H,6-7H2,1H3,(H2,14,16). The number of carbonyl (C=O) groups excluding carboxylic acids is 1. The summed E-state index contributed by atoms with van der Waals surface area (Å²) in [5.41, 5.74) is 5.13. The predicted octanol–water partition coefficient (Wildman–Crippen LogP) is 1.27. The van der Waals surface area contributed by atoms with Crippen LogP contribution in [-0.4, -0.2) is 24.7 Å². The summed E-state index contributed by atoms with van der Waals surface area (Å²) in [6.07, 6.45) is 1.05. The molecule has 1 amide bonds.